The van der Waals surface area contributed by atoms with Gasteiger partial charge in [0.05, 0.1) is 11.6 Å². The molecule has 0 saturated carbocycles. The van der Waals surface area contributed by atoms with Gasteiger partial charge in [0.15, 0.2) is 0 Å². The van der Waals surface area contributed by atoms with Crippen LogP contribution in [0.25, 0.3) is 10.9 Å². The molecule has 2 heterocycles. The first-order valence-electron chi connectivity index (χ1n) is 7.64. The van der Waals surface area contributed by atoms with Crippen molar-refractivity contribution < 1.29 is 4.74 Å². The minimum absolute atomic E-state index is 0.221. The third-order valence-electron chi connectivity index (χ3n) is 4.28. The summed E-state index contributed by atoms with van der Waals surface area (Å²) in [6, 6.07) is 10.7. The van der Waals surface area contributed by atoms with E-state index < -0.39 is 0 Å². The number of fused-ring (bicyclic) bond motifs is 1. The van der Waals surface area contributed by atoms with Crippen LogP contribution >= 0.6 is 0 Å². The molecule has 4 nitrogen and oxygen atoms in total. The van der Waals surface area contributed by atoms with Crippen LogP contribution in [0.2, 0.25) is 0 Å². The zero-order valence-corrected chi connectivity index (χ0v) is 12.5. The Kier molecular flexibility index (Phi) is 4.48. The molecule has 2 aromatic rings. The van der Waals surface area contributed by atoms with Gasteiger partial charge in [0.25, 0.3) is 0 Å². The fraction of sp³-hybridized carbons (Fsp3) is 0.471. The number of likely N-dealkylation sites (N-methyl/N-ethyl adjacent to an activating group) is 1. The number of rotatable bonds is 5. The van der Waals surface area contributed by atoms with E-state index in [9.17, 15) is 0 Å². The second-order valence-electron chi connectivity index (χ2n) is 5.78. The van der Waals surface area contributed by atoms with E-state index in [0.717, 1.165) is 25.1 Å². The summed E-state index contributed by atoms with van der Waals surface area (Å²) in [5.74, 6) is 0. The fourth-order valence-electron chi connectivity index (χ4n) is 3.11. The van der Waals surface area contributed by atoms with Crippen LogP contribution in [0.3, 0.4) is 0 Å². The summed E-state index contributed by atoms with van der Waals surface area (Å²) >= 11 is 0. The van der Waals surface area contributed by atoms with Crippen molar-refractivity contribution >= 4 is 10.9 Å². The Hall–Kier alpha value is -1.49. The molecular formula is C17H23N3O. The Morgan fingerprint density at radius 2 is 2.33 bits per heavy atom. The molecule has 2 unspecified atom stereocenters. The Balaban J connectivity index is 1.79. The fourth-order valence-corrected chi connectivity index (χ4v) is 3.11. The van der Waals surface area contributed by atoms with Crippen LogP contribution < -0.4 is 5.73 Å². The molecule has 112 valence electrons. The predicted molar refractivity (Wildman–Crippen MR) is 85.1 cm³/mol. The largest absolute Gasteiger partial charge is 0.377 e. The third kappa shape index (κ3) is 3.23. The maximum atomic E-state index is 6.03. The summed E-state index contributed by atoms with van der Waals surface area (Å²) in [5.41, 5.74) is 8.30. The molecule has 0 radical (unpaired) electrons. The normalized spacial score (nSPS) is 20.2. The molecule has 2 N–H and O–H groups in total. The van der Waals surface area contributed by atoms with E-state index in [1.165, 1.54) is 17.4 Å². The number of pyridine rings is 1. The Morgan fingerprint density at radius 3 is 3.10 bits per heavy atom. The van der Waals surface area contributed by atoms with Crippen molar-refractivity contribution in [1.29, 1.82) is 0 Å². The van der Waals surface area contributed by atoms with Gasteiger partial charge in [-0.25, -0.2) is 0 Å². The minimum atomic E-state index is 0.221. The highest BCUT2D eigenvalue weighted by Crippen LogP contribution is 2.24. The van der Waals surface area contributed by atoms with Crippen molar-refractivity contribution in [2.45, 2.75) is 25.0 Å². The van der Waals surface area contributed by atoms with Gasteiger partial charge in [-0.2, -0.15) is 0 Å². The first-order valence-corrected chi connectivity index (χ1v) is 7.64. The van der Waals surface area contributed by atoms with Crippen LogP contribution in [0.1, 0.15) is 24.4 Å². The van der Waals surface area contributed by atoms with Crippen molar-refractivity contribution in [1.82, 2.24) is 9.88 Å². The molecule has 0 spiro atoms. The summed E-state index contributed by atoms with van der Waals surface area (Å²) in [6.07, 6.45) is 4.51. The van der Waals surface area contributed by atoms with Gasteiger partial charge in [-0.15, -0.1) is 0 Å². The molecule has 1 saturated heterocycles. The summed E-state index contributed by atoms with van der Waals surface area (Å²) in [7, 11) is 2.13. The van der Waals surface area contributed by atoms with Gasteiger partial charge in [0.2, 0.25) is 0 Å². The summed E-state index contributed by atoms with van der Waals surface area (Å²) in [4.78, 5) is 6.68. The highest BCUT2D eigenvalue weighted by atomic mass is 16.5. The van der Waals surface area contributed by atoms with E-state index >= 15 is 0 Å². The summed E-state index contributed by atoms with van der Waals surface area (Å²) in [6.45, 7) is 2.44. The molecule has 1 aliphatic rings. The topological polar surface area (TPSA) is 51.4 Å². The van der Waals surface area contributed by atoms with E-state index in [1.54, 1.807) is 0 Å². The van der Waals surface area contributed by atoms with Crippen molar-refractivity contribution in [2.75, 3.05) is 26.7 Å². The van der Waals surface area contributed by atoms with Gasteiger partial charge in [0, 0.05) is 37.3 Å². The second-order valence-corrected chi connectivity index (χ2v) is 5.78. The maximum absolute atomic E-state index is 6.03. The lowest BCUT2D eigenvalue weighted by Gasteiger charge is -2.29. The molecule has 1 aromatic heterocycles. The smallest absolute Gasteiger partial charge is 0.0702 e. The van der Waals surface area contributed by atoms with Crippen molar-refractivity contribution in [3.8, 4) is 0 Å². The van der Waals surface area contributed by atoms with Gasteiger partial charge >= 0.3 is 0 Å². The molecule has 1 fully saturated rings. The van der Waals surface area contributed by atoms with E-state index in [1.807, 2.05) is 12.3 Å². The minimum Gasteiger partial charge on any atom is -0.377 e. The molecule has 4 heteroatoms. The molecular weight excluding hydrogens is 262 g/mol. The first kappa shape index (κ1) is 14.4. The summed E-state index contributed by atoms with van der Waals surface area (Å²) in [5, 5.41) is 1.17. The van der Waals surface area contributed by atoms with Crippen LogP contribution in [0.5, 0.6) is 0 Å². The molecule has 0 amide bonds. The predicted octanol–water partition coefficient (Wildman–Crippen LogP) is 2.35. The number of benzene rings is 1. The number of hydrogen-bond donors (Lipinski definition) is 1. The lowest BCUT2D eigenvalue weighted by Crippen LogP contribution is -2.36. The van der Waals surface area contributed by atoms with Gasteiger partial charge in [-0.1, -0.05) is 12.1 Å². The van der Waals surface area contributed by atoms with Gasteiger partial charge in [-0.3, -0.25) is 9.88 Å². The van der Waals surface area contributed by atoms with Gasteiger partial charge in [0.1, 0.15) is 0 Å². The Morgan fingerprint density at radius 1 is 1.43 bits per heavy atom. The number of ether oxygens (including phenoxy) is 1. The van der Waals surface area contributed by atoms with E-state index in [-0.39, 0.29) is 6.04 Å². The molecule has 3 rings (SSSR count). The van der Waals surface area contributed by atoms with Crippen LogP contribution in [-0.4, -0.2) is 42.7 Å². The highest BCUT2D eigenvalue weighted by molar-refractivity contribution is 5.79. The van der Waals surface area contributed by atoms with Crippen molar-refractivity contribution in [3.63, 3.8) is 0 Å². The van der Waals surface area contributed by atoms with Crippen LogP contribution in [-0.2, 0) is 4.74 Å². The van der Waals surface area contributed by atoms with E-state index in [2.05, 4.69) is 41.2 Å². The van der Waals surface area contributed by atoms with Crippen molar-refractivity contribution in [3.05, 3.63) is 42.1 Å². The highest BCUT2D eigenvalue weighted by Gasteiger charge is 2.22. The average Bonchev–Trinajstić information content (AvgIpc) is 3.01. The quantitative estimate of drug-likeness (QED) is 0.916. The first-order chi connectivity index (χ1) is 10.3. The molecule has 1 aliphatic heterocycles. The molecule has 1 aromatic carbocycles. The molecule has 2 atom stereocenters. The number of nitrogens with two attached hydrogens (primary N) is 1. The molecule has 0 aliphatic carbocycles. The Bertz CT molecular complexity index is 595. The zero-order chi connectivity index (χ0) is 14.7. The Labute approximate surface area is 125 Å². The number of hydrogen-bond acceptors (Lipinski definition) is 4. The monoisotopic (exact) mass is 285 g/mol. The van der Waals surface area contributed by atoms with Gasteiger partial charge in [-0.05, 0) is 43.7 Å². The number of aromatic nitrogens is 1. The van der Waals surface area contributed by atoms with Crippen LogP contribution in [0.4, 0.5) is 0 Å². The molecule has 21 heavy (non-hydrogen) atoms. The third-order valence-corrected chi connectivity index (χ3v) is 4.28. The van der Waals surface area contributed by atoms with Crippen LogP contribution in [0.15, 0.2) is 36.5 Å². The van der Waals surface area contributed by atoms with E-state index in [0.29, 0.717) is 12.6 Å². The number of nitrogens with zero attached hydrogens (tertiary/aromatic N) is 2. The SMILES string of the molecule is CN(CC1CCCO1)C(CN)c1ccc2ncccc2c1. The lowest BCUT2D eigenvalue weighted by atomic mass is 10.0. The zero-order valence-electron chi connectivity index (χ0n) is 12.5. The molecule has 0 bridgehead atoms. The maximum Gasteiger partial charge on any atom is 0.0702 e. The average molecular weight is 285 g/mol. The van der Waals surface area contributed by atoms with Crippen LogP contribution in [0, 0.1) is 0 Å². The standard InChI is InChI=1S/C17H23N3O/c1-20(12-15-5-3-9-21-15)17(11-18)14-6-7-16-13(10-14)4-2-8-19-16/h2,4,6-8,10,15,17H,3,5,9,11-12,18H2,1H3. The second kappa shape index (κ2) is 6.52. The van der Waals surface area contributed by atoms with Gasteiger partial charge < -0.3 is 10.5 Å². The van der Waals surface area contributed by atoms with Crippen molar-refractivity contribution in [2.24, 2.45) is 5.73 Å². The lowest BCUT2D eigenvalue weighted by molar-refractivity contribution is 0.0690. The summed E-state index contributed by atoms with van der Waals surface area (Å²) < 4.78 is 5.73. The van der Waals surface area contributed by atoms with E-state index in [4.69, 9.17) is 10.5 Å².